The van der Waals surface area contributed by atoms with Crippen LogP contribution >= 0.6 is 0 Å². The van der Waals surface area contributed by atoms with Gasteiger partial charge in [-0.3, -0.25) is 0 Å². The normalized spacial score (nSPS) is 18.7. The molecule has 1 fully saturated rings. The van der Waals surface area contributed by atoms with Crippen molar-refractivity contribution >= 4 is 0 Å². The first-order valence-electron chi connectivity index (χ1n) is 5.72. The fourth-order valence-electron chi connectivity index (χ4n) is 2.28. The van der Waals surface area contributed by atoms with Gasteiger partial charge < -0.3 is 9.64 Å². The lowest BCUT2D eigenvalue weighted by Gasteiger charge is -2.29. The Morgan fingerprint density at radius 2 is 2.00 bits per heavy atom. The van der Waals surface area contributed by atoms with Crippen LogP contribution in [0.15, 0.2) is 18.2 Å². The average molecular weight is 223 g/mol. The van der Waals surface area contributed by atoms with Crippen molar-refractivity contribution in [3.8, 4) is 5.75 Å². The highest BCUT2D eigenvalue weighted by Gasteiger charge is 2.19. The smallest absolute Gasteiger partial charge is 0.165 e. The molecule has 3 heteroatoms. The first-order chi connectivity index (χ1) is 7.70. The third-order valence-corrected chi connectivity index (χ3v) is 3.37. The van der Waals surface area contributed by atoms with Gasteiger partial charge in [0.25, 0.3) is 0 Å². The van der Waals surface area contributed by atoms with E-state index in [1.54, 1.807) is 12.1 Å². The van der Waals surface area contributed by atoms with E-state index in [0.29, 0.717) is 11.7 Å². The molecule has 0 N–H and O–H groups in total. The monoisotopic (exact) mass is 223 g/mol. The molecular weight excluding hydrogens is 205 g/mol. The van der Waals surface area contributed by atoms with E-state index in [2.05, 4.69) is 11.9 Å². The number of rotatable bonds is 2. The van der Waals surface area contributed by atoms with E-state index in [-0.39, 0.29) is 5.82 Å². The third kappa shape index (κ3) is 2.35. The lowest BCUT2D eigenvalue weighted by molar-refractivity contribution is 0.255. The van der Waals surface area contributed by atoms with Crippen LogP contribution in [0, 0.1) is 5.82 Å². The second-order valence-electron chi connectivity index (χ2n) is 4.47. The Morgan fingerprint density at radius 1 is 1.31 bits per heavy atom. The summed E-state index contributed by atoms with van der Waals surface area (Å²) in [6, 6.07) is 5.33. The van der Waals surface area contributed by atoms with Crippen molar-refractivity contribution in [2.24, 2.45) is 0 Å². The summed E-state index contributed by atoms with van der Waals surface area (Å²) < 4.78 is 18.5. The van der Waals surface area contributed by atoms with Gasteiger partial charge in [0.15, 0.2) is 11.6 Å². The van der Waals surface area contributed by atoms with E-state index >= 15 is 0 Å². The van der Waals surface area contributed by atoms with Gasteiger partial charge in [-0.05, 0) is 56.6 Å². The van der Waals surface area contributed by atoms with Crippen molar-refractivity contribution in [1.29, 1.82) is 0 Å². The molecule has 2 rings (SSSR count). The third-order valence-electron chi connectivity index (χ3n) is 3.37. The van der Waals surface area contributed by atoms with Crippen LogP contribution in [0.25, 0.3) is 0 Å². The number of benzene rings is 1. The number of halogens is 1. The summed E-state index contributed by atoms with van der Waals surface area (Å²) in [6.45, 7) is 2.19. The highest BCUT2D eigenvalue weighted by molar-refractivity contribution is 5.31. The second kappa shape index (κ2) is 4.83. The molecule has 1 aliphatic rings. The fourth-order valence-corrected chi connectivity index (χ4v) is 2.28. The number of ether oxygens (including phenoxy) is 1. The van der Waals surface area contributed by atoms with Crippen molar-refractivity contribution in [2.45, 2.75) is 18.8 Å². The molecule has 1 aromatic rings. The largest absolute Gasteiger partial charge is 0.494 e. The highest BCUT2D eigenvalue weighted by Crippen LogP contribution is 2.30. The summed E-state index contributed by atoms with van der Waals surface area (Å²) in [7, 11) is 3.62. The average Bonchev–Trinajstić information content (AvgIpc) is 2.30. The second-order valence-corrected chi connectivity index (χ2v) is 4.47. The molecule has 1 aromatic carbocycles. The Balaban J connectivity index is 2.12. The topological polar surface area (TPSA) is 12.5 Å². The predicted octanol–water partition coefficient (Wildman–Crippen LogP) is 2.64. The van der Waals surface area contributed by atoms with E-state index < -0.39 is 0 Å². The molecule has 1 aliphatic heterocycles. The van der Waals surface area contributed by atoms with Crippen molar-refractivity contribution in [1.82, 2.24) is 4.90 Å². The lowest BCUT2D eigenvalue weighted by atomic mass is 9.89. The number of methoxy groups -OCH3 is 1. The summed E-state index contributed by atoms with van der Waals surface area (Å²) in [5.74, 6) is 0.576. The maximum absolute atomic E-state index is 13.5. The number of hydrogen-bond acceptors (Lipinski definition) is 2. The predicted molar refractivity (Wildman–Crippen MR) is 62.4 cm³/mol. The molecular formula is C13H18FNO. The maximum Gasteiger partial charge on any atom is 0.165 e. The summed E-state index contributed by atoms with van der Waals surface area (Å²) in [4.78, 5) is 2.32. The summed E-state index contributed by atoms with van der Waals surface area (Å²) in [6.07, 6.45) is 2.23. The molecule has 0 bridgehead atoms. The lowest BCUT2D eigenvalue weighted by Crippen LogP contribution is -2.29. The van der Waals surface area contributed by atoms with Gasteiger partial charge in [0.2, 0.25) is 0 Å². The minimum absolute atomic E-state index is 0.251. The van der Waals surface area contributed by atoms with E-state index in [9.17, 15) is 4.39 Å². The highest BCUT2D eigenvalue weighted by atomic mass is 19.1. The van der Waals surface area contributed by atoms with Crippen molar-refractivity contribution in [2.75, 3.05) is 27.2 Å². The summed E-state index contributed by atoms with van der Waals surface area (Å²) in [5.41, 5.74) is 1.10. The molecule has 0 spiro atoms. The maximum atomic E-state index is 13.5. The molecule has 0 aliphatic carbocycles. The van der Waals surface area contributed by atoms with Crippen LogP contribution in [0.3, 0.4) is 0 Å². The van der Waals surface area contributed by atoms with Crippen LogP contribution in [-0.4, -0.2) is 32.1 Å². The zero-order valence-corrected chi connectivity index (χ0v) is 9.87. The van der Waals surface area contributed by atoms with Gasteiger partial charge in [0, 0.05) is 0 Å². The van der Waals surface area contributed by atoms with Gasteiger partial charge in [-0.15, -0.1) is 0 Å². The fraction of sp³-hybridized carbons (Fsp3) is 0.538. The first kappa shape index (κ1) is 11.4. The van der Waals surface area contributed by atoms with E-state index in [1.165, 1.54) is 7.11 Å². The molecule has 0 unspecified atom stereocenters. The molecule has 0 saturated carbocycles. The van der Waals surface area contributed by atoms with E-state index in [0.717, 1.165) is 31.5 Å². The van der Waals surface area contributed by atoms with Gasteiger partial charge in [-0.2, -0.15) is 0 Å². The molecule has 0 radical (unpaired) electrons. The Bertz CT molecular complexity index is 359. The quantitative estimate of drug-likeness (QED) is 0.764. The first-order valence-corrected chi connectivity index (χ1v) is 5.72. The molecule has 16 heavy (non-hydrogen) atoms. The Labute approximate surface area is 96.0 Å². The van der Waals surface area contributed by atoms with Crippen molar-refractivity contribution in [3.05, 3.63) is 29.6 Å². The van der Waals surface area contributed by atoms with Crippen LogP contribution in [0.5, 0.6) is 5.75 Å². The number of piperidine rings is 1. The number of nitrogens with zero attached hydrogens (tertiary/aromatic N) is 1. The molecule has 0 amide bonds. The molecule has 88 valence electrons. The van der Waals surface area contributed by atoms with E-state index in [1.807, 2.05) is 6.07 Å². The van der Waals surface area contributed by atoms with Crippen LogP contribution in [0.4, 0.5) is 4.39 Å². The number of hydrogen-bond donors (Lipinski definition) is 0. The molecule has 1 heterocycles. The van der Waals surface area contributed by atoms with Crippen molar-refractivity contribution < 1.29 is 9.13 Å². The molecule has 0 aromatic heterocycles. The zero-order valence-electron chi connectivity index (χ0n) is 9.87. The van der Waals surface area contributed by atoms with Crippen LogP contribution in [-0.2, 0) is 0 Å². The van der Waals surface area contributed by atoms with Crippen LogP contribution in [0.2, 0.25) is 0 Å². The Hall–Kier alpha value is -1.09. The number of likely N-dealkylation sites (tertiary alicyclic amines) is 1. The van der Waals surface area contributed by atoms with E-state index in [4.69, 9.17) is 4.74 Å². The van der Waals surface area contributed by atoms with Crippen LogP contribution in [0.1, 0.15) is 24.3 Å². The minimum Gasteiger partial charge on any atom is -0.494 e. The molecule has 1 saturated heterocycles. The van der Waals surface area contributed by atoms with Crippen LogP contribution < -0.4 is 4.74 Å². The minimum atomic E-state index is -0.251. The van der Waals surface area contributed by atoms with Gasteiger partial charge in [0.05, 0.1) is 7.11 Å². The molecule has 0 atom stereocenters. The standard InChI is InChI=1S/C13H18FNO/c1-15-7-5-10(6-8-15)11-3-4-13(16-2)12(14)9-11/h3-4,9-10H,5-8H2,1-2H3. The zero-order chi connectivity index (χ0) is 11.5. The van der Waals surface area contributed by atoms with Gasteiger partial charge in [0.1, 0.15) is 0 Å². The van der Waals surface area contributed by atoms with Gasteiger partial charge in [-0.25, -0.2) is 4.39 Å². The SMILES string of the molecule is COc1ccc(C2CCN(C)CC2)cc1F. The summed E-state index contributed by atoms with van der Waals surface area (Å²) >= 11 is 0. The Morgan fingerprint density at radius 3 is 2.56 bits per heavy atom. The summed E-state index contributed by atoms with van der Waals surface area (Å²) in [5, 5.41) is 0. The van der Waals surface area contributed by atoms with Gasteiger partial charge in [-0.1, -0.05) is 6.07 Å². The molecule has 2 nitrogen and oxygen atoms in total. The van der Waals surface area contributed by atoms with Crippen molar-refractivity contribution in [3.63, 3.8) is 0 Å². The Kier molecular flexibility index (Phi) is 3.44. The van der Waals surface area contributed by atoms with Gasteiger partial charge >= 0.3 is 0 Å².